The van der Waals surface area contributed by atoms with Crippen LogP contribution in [0.4, 0.5) is 11.6 Å². The first-order valence-electron chi connectivity index (χ1n) is 5.81. The Bertz CT molecular complexity index is 384. The number of nitrogens with zero attached hydrogens (tertiary/aromatic N) is 3. The van der Waals surface area contributed by atoms with E-state index in [1.807, 2.05) is 0 Å². The molecule has 2 unspecified atom stereocenters. The van der Waals surface area contributed by atoms with E-state index in [4.69, 9.17) is 10.5 Å². The fraction of sp³-hybridized carbons (Fsp3) is 0.636. The van der Waals surface area contributed by atoms with Gasteiger partial charge in [0.1, 0.15) is 0 Å². The third-order valence-electron chi connectivity index (χ3n) is 3.46. The summed E-state index contributed by atoms with van der Waals surface area (Å²) in [5.74, 6) is 1.35. The molecule has 3 rings (SSSR count). The van der Waals surface area contributed by atoms with Gasteiger partial charge in [-0.2, -0.15) is 0 Å². The van der Waals surface area contributed by atoms with E-state index in [0.717, 1.165) is 25.4 Å². The zero-order valence-electron chi connectivity index (χ0n) is 9.17. The molecule has 0 radical (unpaired) electrons. The molecule has 16 heavy (non-hydrogen) atoms. The third kappa shape index (κ3) is 1.51. The molecule has 2 heterocycles. The minimum absolute atomic E-state index is 0.357. The second kappa shape index (κ2) is 3.90. The van der Waals surface area contributed by atoms with Gasteiger partial charge in [-0.25, -0.2) is 9.97 Å². The number of ether oxygens (including phenoxy) is 1. The number of hydrogen-bond donors (Lipinski definition) is 1. The fourth-order valence-electron chi connectivity index (χ4n) is 2.75. The average molecular weight is 220 g/mol. The highest BCUT2D eigenvalue weighted by atomic mass is 16.5. The maximum Gasteiger partial charge on any atom is 0.171 e. The van der Waals surface area contributed by atoms with Crippen LogP contribution in [-0.2, 0) is 4.74 Å². The van der Waals surface area contributed by atoms with E-state index < -0.39 is 0 Å². The topological polar surface area (TPSA) is 64.3 Å². The van der Waals surface area contributed by atoms with Crippen molar-refractivity contribution < 1.29 is 4.74 Å². The molecule has 0 amide bonds. The van der Waals surface area contributed by atoms with Gasteiger partial charge in [-0.15, -0.1) is 0 Å². The highest BCUT2D eigenvalue weighted by molar-refractivity contribution is 5.58. The van der Waals surface area contributed by atoms with Gasteiger partial charge < -0.3 is 15.4 Å². The lowest BCUT2D eigenvalue weighted by molar-refractivity contribution is 0.0253. The highest BCUT2D eigenvalue weighted by Crippen LogP contribution is 2.33. The van der Waals surface area contributed by atoms with Gasteiger partial charge in [0, 0.05) is 18.9 Å². The smallest absolute Gasteiger partial charge is 0.171 e. The molecule has 5 nitrogen and oxygen atoms in total. The summed E-state index contributed by atoms with van der Waals surface area (Å²) in [7, 11) is 0. The standard InChI is InChI=1S/C11H16N4O/c12-10-11(14-5-4-13-10)15-6-7-16-9-3-1-2-8(9)15/h4-5,8-9H,1-3,6-7H2,(H2,12,13). The van der Waals surface area contributed by atoms with Crippen LogP contribution in [0.5, 0.6) is 0 Å². The Morgan fingerprint density at radius 1 is 1.31 bits per heavy atom. The summed E-state index contributed by atoms with van der Waals surface area (Å²) in [6.07, 6.45) is 7.24. The van der Waals surface area contributed by atoms with Gasteiger partial charge in [0.25, 0.3) is 0 Å². The molecule has 1 saturated heterocycles. The molecule has 1 aliphatic heterocycles. The largest absolute Gasteiger partial charge is 0.381 e. The number of aromatic nitrogens is 2. The number of fused-ring (bicyclic) bond motifs is 1. The Kier molecular flexibility index (Phi) is 2.40. The number of anilines is 2. The molecular formula is C11H16N4O. The van der Waals surface area contributed by atoms with Crippen molar-refractivity contribution in [2.75, 3.05) is 23.8 Å². The fourth-order valence-corrected chi connectivity index (χ4v) is 2.75. The van der Waals surface area contributed by atoms with Crippen LogP contribution in [0, 0.1) is 0 Å². The van der Waals surface area contributed by atoms with E-state index in [1.54, 1.807) is 12.4 Å². The Balaban J connectivity index is 1.91. The molecule has 2 atom stereocenters. The molecule has 1 aliphatic carbocycles. The predicted octanol–water partition coefficient (Wildman–Crippen LogP) is 0.816. The molecule has 0 bridgehead atoms. The minimum atomic E-state index is 0.357. The van der Waals surface area contributed by atoms with Crippen molar-refractivity contribution in [1.82, 2.24) is 9.97 Å². The van der Waals surface area contributed by atoms with E-state index >= 15 is 0 Å². The van der Waals surface area contributed by atoms with Crippen LogP contribution < -0.4 is 10.6 Å². The molecule has 86 valence electrons. The van der Waals surface area contributed by atoms with Crippen LogP contribution in [0.1, 0.15) is 19.3 Å². The van der Waals surface area contributed by atoms with Gasteiger partial charge in [-0.3, -0.25) is 0 Å². The van der Waals surface area contributed by atoms with Crippen molar-refractivity contribution >= 4 is 11.6 Å². The molecule has 0 spiro atoms. The highest BCUT2D eigenvalue weighted by Gasteiger charge is 2.37. The van der Waals surface area contributed by atoms with Gasteiger partial charge in [0.05, 0.1) is 18.8 Å². The Labute approximate surface area is 94.6 Å². The van der Waals surface area contributed by atoms with Crippen molar-refractivity contribution in [3.05, 3.63) is 12.4 Å². The number of hydrogen-bond acceptors (Lipinski definition) is 5. The van der Waals surface area contributed by atoms with Crippen molar-refractivity contribution in [3.8, 4) is 0 Å². The SMILES string of the molecule is Nc1nccnc1N1CCOC2CCCC21. The summed E-state index contributed by atoms with van der Waals surface area (Å²) < 4.78 is 5.76. The zero-order valence-corrected chi connectivity index (χ0v) is 9.17. The van der Waals surface area contributed by atoms with E-state index in [2.05, 4.69) is 14.9 Å². The first-order valence-corrected chi connectivity index (χ1v) is 5.81. The lowest BCUT2D eigenvalue weighted by Gasteiger charge is -2.38. The van der Waals surface area contributed by atoms with Crippen molar-refractivity contribution in [2.45, 2.75) is 31.4 Å². The number of nitrogens with two attached hydrogens (primary N) is 1. The second-order valence-corrected chi connectivity index (χ2v) is 4.37. The van der Waals surface area contributed by atoms with Gasteiger partial charge >= 0.3 is 0 Å². The maximum absolute atomic E-state index is 5.88. The molecule has 2 aliphatic rings. The summed E-state index contributed by atoms with van der Waals surface area (Å²) in [6, 6.07) is 0.438. The first-order chi connectivity index (χ1) is 7.86. The van der Waals surface area contributed by atoms with Crippen LogP contribution in [0.2, 0.25) is 0 Å². The second-order valence-electron chi connectivity index (χ2n) is 4.37. The van der Waals surface area contributed by atoms with E-state index in [1.165, 1.54) is 12.8 Å². The zero-order chi connectivity index (χ0) is 11.0. The van der Waals surface area contributed by atoms with Crippen molar-refractivity contribution in [1.29, 1.82) is 0 Å². The molecular weight excluding hydrogens is 204 g/mol. The average Bonchev–Trinajstić information content (AvgIpc) is 2.77. The van der Waals surface area contributed by atoms with Crippen LogP contribution in [-0.4, -0.2) is 35.3 Å². The molecule has 5 heteroatoms. The summed E-state index contributed by atoms with van der Waals surface area (Å²) in [5, 5.41) is 0. The Morgan fingerprint density at radius 3 is 3.06 bits per heavy atom. The minimum Gasteiger partial charge on any atom is -0.381 e. The summed E-state index contributed by atoms with van der Waals surface area (Å²) in [6.45, 7) is 1.63. The Morgan fingerprint density at radius 2 is 2.19 bits per heavy atom. The number of rotatable bonds is 1. The van der Waals surface area contributed by atoms with E-state index in [-0.39, 0.29) is 0 Å². The van der Waals surface area contributed by atoms with Gasteiger partial charge in [-0.1, -0.05) is 0 Å². The monoisotopic (exact) mass is 220 g/mol. The van der Waals surface area contributed by atoms with Crippen molar-refractivity contribution in [2.24, 2.45) is 0 Å². The number of morpholine rings is 1. The number of nitrogen functional groups attached to an aromatic ring is 1. The normalized spacial score (nSPS) is 29.1. The molecule has 1 aromatic heterocycles. The molecule has 1 saturated carbocycles. The van der Waals surface area contributed by atoms with Gasteiger partial charge in [-0.05, 0) is 19.3 Å². The lowest BCUT2D eigenvalue weighted by atomic mass is 10.1. The van der Waals surface area contributed by atoms with Crippen LogP contribution in [0.3, 0.4) is 0 Å². The van der Waals surface area contributed by atoms with Gasteiger partial charge in [0.15, 0.2) is 11.6 Å². The van der Waals surface area contributed by atoms with Gasteiger partial charge in [0.2, 0.25) is 0 Å². The molecule has 2 fully saturated rings. The van der Waals surface area contributed by atoms with Crippen molar-refractivity contribution in [3.63, 3.8) is 0 Å². The lowest BCUT2D eigenvalue weighted by Crippen LogP contribution is -2.49. The van der Waals surface area contributed by atoms with E-state index in [0.29, 0.717) is 18.0 Å². The molecule has 2 N–H and O–H groups in total. The maximum atomic E-state index is 5.88. The Hall–Kier alpha value is -1.36. The quantitative estimate of drug-likeness (QED) is 0.759. The first kappa shape index (κ1) is 9.84. The summed E-state index contributed by atoms with van der Waals surface area (Å²) in [5.41, 5.74) is 5.88. The van der Waals surface area contributed by atoms with Crippen LogP contribution >= 0.6 is 0 Å². The molecule has 1 aromatic rings. The van der Waals surface area contributed by atoms with Crippen LogP contribution in [0.15, 0.2) is 12.4 Å². The van der Waals surface area contributed by atoms with E-state index in [9.17, 15) is 0 Å². The van der Waals surface area contributed by atoms with Crippen LogP contribution in [0.25, 0.3) is 0 Å². The molecule has 0 aromatic carbocycles. The summed E-state index contributed by atoms with van der Waals surface area (Å²) in [4.78, 5) is 10.7. The third-order valence-corrected chi connectivity index (χ3v) is 3.46. The summed E-state index contributed by atoms with van der Waals surface area (Å²) >= 11 is 0. The predicted molar refractivity (Wildman–Crippen MR) is 61.2 cm³/mol.